The monoisotopic (exact) mass is 518 g/mol. The number of hydrogen-bond acceptors (Lipinski definition) is 6. The molecule has 2 aromatic carbocycles. The molecule has 3 rings (SSSR count). The SMILES string of the molecule is CC(C)Oc1ccc(N2CCC[C@@H]2COc2cc(F)c(C(=O)NS(C)(=O)=O)cc2Cl)cc1Cl. The Morgan fingerprint density at radius 3 is 2.55 bits per heavy atom. The summed E-state index contributed by atoms with van der Waals surface area (Å²) in [5.41, 5.74) is 0.436. The van der Waals surface area contributed by atoms with Crippen LogP contribution >= 0.6 is 23.2 Å². The maximum Gasteiger partial charge on any atom is 0.267 e. The third-order valence-electron chi connectivity index (χ3n) is 4.96. The summed E-state index contributed by atoms with van der Waals surface area (Å²) < 4.78 is 50.1. The number of rotatable bonds is 8. The van der Waals surface area contributed by atoms with Crippen molar-refractivity contribution >= 4 is 44.8 Å². The first-order valence-electron chi connectivity index (χ1n) is 10.3. The minimum atomic E-state index is -3.84. The highest BCUT2D eigenvalue weighted by Crippen LogP contribution is 2.34. The van der Waals surface area contributed by atoms with Gasteiger partial charge in [0.2, 0.25) is 10.0 Å². The molecular weight excluding hydrogens is 494 g/mol. The third-order valence-corrected chi connectivity index (χ3v) is 6.11. The molecule has 0 aromatic heterocycles. The lowest BCUT2D eigenvalue weighted by molar-refractivity contribution is 0.0977. The number of sulfonamides is 1. The summed E-state index contributed by atoms with van der Waals surface area (Å²) in [6, 6.07) is 7.65. The zero-order valence-corrected chi connectivity index (χ0v) is 20.7. The summed E-state index contributed by atoms with van der Waals surface area (Å²) >= 11 is 12.5. The van der Waals surface area contributed by atoms with Crippen LogP contribution in [0.4, 0.5) is 10.1 Å². The predicted molar refractivity (Wildman–Crippen MR) is 127 cm³/mol. The van der Waals surface area contributed by atoms with Gasteiger partial charge in [-0.15, -0.1) is 0 Å². The van der Waals surface area contributed by atoms with E-state index in [-0.39, 0.29) is 29.5 Å². The molecule has 1 fully saturated rings. The molecule has 0 saturated carbocycles. The Kier molecular flexibility index (Phi) is 7.97. The van der Waals surface area contributed by atoms with Crippen LogP contribution < -0.4 is 19.1 Å². The van der Waals surface area contributed by atoms with Crippen molar-refractivity contribution in [3.63, 3.8) is 0 Å². The van der Waals surface area contributed by atoms with Gasteiger partial charge in [0.25, 0.3) is 5.91 Å². The second-order valence-corrected chi connectivity index (χ2v) is 10.6. The van der Waals surface area contributed by atoms with Crippen LogP contribution in [0.1, 0.15) is 37.0 Å². The Morgan fingerprint density at radius 2 is 1.91 bits per heavy atom. The molecule has 11 heteroatoms. The molecule has 33 heavy (non-hydrogen) atoms. The molecule has 1 aliphatic rings. The number of nitrogens with zero attached hydrogens (tertiary/aromatic N) is 1. The van der Waals surface area contributed by atoms with Crippen molar-refractivity contribution in [1.82, 2.24) is 4.72 Å². The van der Waals surface area contributed by atoms with Gasteiger partial charge in [-0.1, -0.05) is 23.2 Å². The summed E-state index contributed by atoms with van der Waals surface area (Å²) in [7, 11) is -3.84. The normalized spacial score (nSPS) is 16.2. The van der Waals surface area contributed by atoms with Crippen molar-refractivity contribution in [2.45, 2.75) is 38.8 Å². The minimum Gasteiger partial charge on any atom is -0.490 e. The average Bonchev–Trinajstić information content (AvgIpc) is 3.16. The van der Waals surface area contributed by atoms with Crippen molar-refractivity contribution < 1.29 is 27.1 Å². The van der Waals surface area contributed by atoms with Crippen molar-refractivity contribution in [2.24, 2.45) is 0 Å². The predicted octanol–water partition coefficient (Wildman–Crippen LogP) is 4.66. The van der Waals surface area contributed by atoms with Gasteiger partial charge >= 0.3 is 0 Å². The van der Waals surface area contributed by atoms with Crippen LogP contribution in [0.25, 0.3) is 0 Å². The lowest BCUT2D eigenvalue weighted by Crippen LogP contribution is -2.34. The Hall–Kier alpha value is -2.23. The Balaban J connectivity index is 1.71. The lowest BCUT2D eigenvalue weighted by Gasteiger charge is -2.27. The van der Waals surface area contributed by atoms with E-state index >= 15 is 0 Å². The fourth-order valence-electron chi connectivity index (χ4n) is 3.59. The number of amides is 1. The molecular formula is C22H25Cl2FN2O5S. The Labute approximate surface area is 202 Å². The van der Waals surface area contributed by atoms with Gasteiger partial charge in [0.05, 0.1) is 34.0 Å². The molecule has 1 N–H and O–H groups in total. The van der Waals surface area contributed by atoms with E-state index in [1.54, 1.807) is 4.72 Å². The Morgan fingerprint density at radius 1 is 1.21 bits per heavy atom. The van der Waals surface area contributed by atoms with Crippen LogP contribution in [0.5, 0.6) is 11.5 Å². The number of carbonyl (C=O) groups is 1. The van der Waals surface area contributed by atoms with E-state index in [4.69, 9.17) is 32.7 Å². The molecule has 1 heterocycles. The molecule has 1 saturated heterocycles. The first-order chi connectivity index (χ1) is 15.4. The summed E-state index contributed by atoms with van der Waals surface area (Å²) in [6.07, 6.45) is 2.61. The van der Waals surface area contributed by atoms with Crippen LogP contribution in [0.15, 0.2) is 30.3 Å². The summed E-state index contributed by atoms with van der Waals surface area (Å²) in [5, 5.41) is 0.513. The fourth-order valence-corrected chi connectivity index (χ4v) is 4.47. The molecule has 1 atom stereocenters. The highest BCUT2D eigenvalue weighted by atomic mass is 35.5. The molecule has 2 aromatic rings. The van der Waals surface area contributed by atoms with Crippen molar-refractivity contribution in [3.05, 3.63) is 51.8 Å². The number of carbonyl (C=O) groups excluding carboxylic acids is 1. The Bertz CT molecular complexity index is 1140. The zero-order valence-electron chi connectivity index (χ0n) is 18.4. The standard InChI is InChI=1S/C22H25Cl2FN2O5S/c1-13(2)32-20-7-6-14(9-17(20)23)27-8-4-5-15(27)12-31-21-11-19(25)16(10-18(21)24)22(28)26-33(3,29)30/h6-7,9-11,13,15H,4-5,8,12H2,1-3H3,(H,26,28)/t15-/m1/s1. The van der Waals surface area contributed by atoms with E-state index in [1.165, 1.54) is 0 Å². The molecule has 0 spiro atoms. The van der Waals surface area contributed by atoms with Gasteiger partial charge in [0.1, 0.15) is 23.9 Å². The van der Waals surface area contributed by atoms with Gasteiger partial charge in [0.15, 0.2) is 0 Å². The second kappa shape index (κ2) is 10.4. The number of ether oxygens (including phenoxy) is 2. The van der Waals surface area contributed by atoms with E-state index < -0.39 is 27.3 Å². The largest absolute Gasteiger partial charge is 0.490 e. The van der Waals surface area contributed by atoms with Gasteiger partial charge in [-0.3, -0.25) is 4.79 Å². The smallest absolute Gasteiger partial charge is 0.267 e. The average molecular weight is 519 g/mol. The first kappa shape index (κ1) is 25.4. The molecule has 180 valence electrons. The van der Waals surface area contributed by atoms with Gasteiger partial charge in [-0.25, -0.2) is 17.5 Å². The fraction of sp³-hybridized carbons (Fsp3) is 0.409. The summed E-state index contributed by atoms with van der Waals surface area (Å²) in [6.45, 7) is 4.89. The first-order valence-corrected chi connectivity index (χ1v) is 13.0. The van der Waals surface area contributed by atoms with Gasteiger partial charge in [0, 0.05) is 18.3 Å². The number of halogens is 3. The number of nitrogens with one attached hydrogen (secondary N) is 1. The van der Waals surface area contributed by atoms with Crippen LogP contribution in [0, 0.1) is 5.82 Å². The number of hydrogen-bond donors (Lipinski definition) is 1. The molecule has 1 amide bonds. The van der Waals surface area contributed by atoms with Crippen LogP contribution in [-0.2, 0) is 10.0 Å². The molecule has 7 nitrogen and oxygen atoms in total. The molecule has 0 aliphatic carbocycles. The van der Waals surface area contributed by atoms with E-state index in [0.29, 0.717) is 10.8 Å². The highest BCUT2D eigenvalue weighted by Gasteiger charge is 2.27. The zero-order chi connectivity index (χ0) is 24.3. The van der Waals surface area contributed by atoms with Gasteiger partial charge in [-0.05, 0) is 51.0 Å². The lowest BCUT2D eigenvalue weighted by atomic mass is 10.2. The second-order valence-electron chi connectivity index (χ2n) is 8.05. The number of benzene rings is 2. The molecule has 0 unspecified atom stereocenters. The van der Waals surface area contributed by atoms with E-state index in [2.05, 4.69) is 4.90 Å². The van der Waals surface area contributed by atoms with Crippen LogP contribution in [0.2, 0.25) is 10.0 Å². The van der Waals surface area contributed by atoms with Crippen LogP contribution in [-0.4, -0.2) is 45.9 Å². The maximum absolute atomic E-state index is 14.4. The molecule has 1 aliphatic heterocycles. The molecule has 0 radical (unpaired) electrons. The molecule has 0 bridgehead atoms. The van der Waals surface area contributed by atoms with Gasteiger partial charge in [-0.2, -0.15) is 0 Å². The topological polar surface area (TPSA) is 84.9 Å². The van der Waals surface area contributed by atoms with Crippen molar-refractivity contribution in [2.75, 3.05) is 24.3 Å². The summed E-state index contributed by atoms with van der Waals surface area (Å²) in [4.78, 5) is 14.1. The van der Waals surface area contributed by atoms with Gasteiger partial charge < -0.3 is 14.4 Å². The number of anilines is 1. The van der Waals surface area contributed by atoms with E-state index in [1.807, 2.05) is 32.0 Å². The van der Waals surface area contributed by atoms with E-state index in [9.17, 15) is 17.6 Å². The quantitative estimate of drug-likeness (QED) is 0.547. The van der Waals surface area contributed by atoms with Crippen molar-refractivity contribution in [3.8, 4) is 11.5 Å². The highest BCUT2D eigenvalue weighted by molar-refractivity contribution is 7.89. The summed E-state index contributed by atoms with van der Waals surface area (Å²) in [5.74, 6) is -1.36. The third kappa shape index (κ3) is 6.65. The minimum absolute atomic E-state index is 0.00201. The van der Waals surface area contributed by atoms with E-state index in [0.717, 1.165) is 43.5 Å². The maximum atomic E-state index is 14.4. The van der Waals surface area contributed by atoms with Crippen LogP contribution in [0.3, 0.4) is 0 Å². The van der Waals surface area contributed by atoms with Crippen molar-refractivity contribution in [1.29, 1.82) is 0 Å².